The van der Waals surface area contributed by atoms with Crippen LogP contribution in [-0.4, -0.2) is 41.5 Å². The van der Waals surface area contributed by atoms with Gasteiger partial charge in [-0.25, -0.2) is 4.98 Å². The standard InChI is InChI=1S/C19H25N3OS/c1-13-21-16-8-7-14(11-18(16)24-13)19(23)20-12-15-5-4-10-22-9-3-2-6-17(15)22/h7-8,11,15,17H,2-6,9-10,12H2,1H3,(H,20,23)/t15-,17-/m1/s1. The minimum absolute atomic E-state index is 0.0517. The van der Waals surface area contributed by atoms with Gasteiger partial charge in [-0.3, -0.25) is 4.79 Å². The molecule has 0 unspecified atom stereocenters. The van der Waals surface area contributed by atoms with E-state index in [1.807, 2.05) is 25.1 Å². The highest BCUT2D eigenvalue weighted by atomic mass is 32.1. The van der Waals surface area contributed by atoms with Gasteiger partial charge in [0, 0.05) is 18.2 Å². The lowest BCUT2D eigenvalue weighted by Crippen LogP contribution is -2.51. The number of rotatable bonds is 3. The molecule has 4 nitrogen and oxygen atoms in total. The molecule has 1 amide bonds. The zero-order chi connectivity index (χ0) is 16.5. The molecule has 128 valence electrons. The minimum Gasteiger partial charge on any atom is -0.352 e. The maximum absolute atomic E-state index is 12.6. The lowest BCUT2D eigenvalue weighted by Gasteiger charge is -2.44. The van der Waals surface area contributed by atoms with Crippen molar-refractivity contribution in [2.45, 2.75) is 45.1 Å². The summed E-state index contributed by atoms with van der Waals surface area (Å²) in [7, 11) is 0. The van der Waals surface area contributed by atoms with Crippen molar-refractivity contribution in [3.8, 4) is 0 Å². The maximum atomic E-state index is 12.6. The van der Waals surface area contributed by atoms with E-state index < -0.39 is 0 Å². The van der Waals surface area contributed by atoms with Gasteiger partial charge < -0.3 is 10.2 Å². The quantitative estimate of drug-likeness (QED) is 0.926. The van der Waals surface area contributed by atoms with E-state index in [0.29, 0.717) is 12.0 Å². The molecule has 3 heterocycles. The molecule has 24 heavy (non-hydrogen) atoms. The number of fused-ring (bicyclic) bond motifs is 2. The van der Waals surface area contributed by atoms with Crippen LogP contribution in [0.1, 0.15) is 47.5 Å². The lowest BCUT2D eigenvalue weighted by molar-refractivity contribution is 0.0575. The van der Waals surface area contributed by atoms with Crippen LogP contribution < -0.4 is 5.32 Å². The van der Waals surface area contributed by atoms with E-state index >= 15 is 0 Å². The summed E-state index contributed by atoms with van der Waals surface area (Å²) in [5.41, 5.74) is 1.74. The predicted molar refractivity (Wildman–Crippen MR) is 98.6 cm³/mol. The minimum atomic E-state index is 0.0517. The van der Waals surface area contributed by atoms with Gasteiger partial charge in [-0.2, -0.15) is 0 Å². The highest BCUT2D eigenvalue weighted by Crippen LogP contribution is 2.30. The van der Waals surface area contributed by atoms with Crippen LogP contribution in [0, 0.1) is 12.8 Å². The summed E-state index contributed by atoms with van der Waals surface area (Å²) in [5, 5.41) is 4.24. The average molecular weight is 343 g/mol. The van der Waals surface area contributed by atoms with Gasteiger partial charge in [0.2, 0.25) is 0 Å². The third-order valence-corrected chi connectivity index (χ3v) is 6.44. The first-order chi connectivity index (χ1) is 11.7. The van der Waals surface area contributed by atoms with E-state index in [2.05, 4.69) is 15.2 Å². The van der Waals surface area contributed by atoms with E-state index in [4.69, 9.17) is 0 Å². The van der Waals surface area contributed by atoms with Crippen LogP contribution in [0.15, 0.2) is 18.2 Å². The van der Waals surface area contributed by atoms with Crippen molar-refractivity contribution in [3.05, 3.63) is 28.8 Å². The van der Waals surface area contributed by atoms with Crippen molar-refractivity contribution >= 4 is 27.5 Å². The largest absolute Gasteiger partial charge is 0.352 e. The number of thiazole rings is 1. The highest BCUT2D eigenvalue weighted by Gasteiger charge is 2.32. The molecule has 0 aliphatic carbocycles. The number of carbonyl (C=O) groups is 1. The van der Waals surface area contributed by atoms with Gasteiger partial charge in [0.1, 0.15) is 0 Å². The number of nitrogens with zero attached hydrogens (tertiary/aromatic N) is 2. The van der Waals surface area contributed by atoms with Crippen molar-refractivity contribution in [1.82, 2.24) is 15.2 Å². The van der Waals surface area contributed by atoms with Crippen LogP contribution in [0.2, 0.25) is 0 Å². The second-order valence-electron chi connectivity index (χ2n) is 7.13. The molecule has 2 aliphatic rings. The van der Waals surface area contributed by atoms with E-state index in [0.717, 1.165) is 27.3 Å². The van der Waals surface area contributed by atoms with Gasteiger partial charge in [-0.05, 0) is 69.8 Å². The molecule has 2 aromatic rings. The number of aryl methyl sites for hydroxylation is 1. The number of hydrogen-bond donors (Lipinski definition) is 1. The van der Waals surface area contributed by atoms with Crippen molar-refractivity contribution in [2.75, 3.05) is 19.6 Å². The van der Waals surface area contributed by atoms with E-state index in [1.54, 1.807) is 11.3 Å². The molecule has 0 radical (unpaired) electrons. The Morgan fingerprint density at radius 1 is 1.29 bits per heavy atom. The van der Waals surface area contributed by atoms with E-state index in [1.165, 1.54) is 45.2 Å². The molecule has 0 saturated carbocycles. The third-order valence-electron chi connectivity index (χ3n) is 5.51. The Hall–Kier alpha value is -1.46. The summed E-state index contributed by atoms with van der Waals surface area (Å²) in [6.07, 6.45) is 6.49. The summed E-state index contributed by atoms with van der Waals surface area (Å²) >= 11 is 1.65. The molecule has 1 aromatic carbocycles. The zero-order valence-electron chi connectivity index (χ0n) is 14.3. The molecule has 2 atom stereocenters. The summed E-state index contributed by atoms with van der Waals surface area (Å²) in [6.45, 7) is 5.30. The number of hydrogen-bond acceptors (Lipinski definition) is 4. The molecule has 1 N–H and O–H groups in total. The molecular weight excluding hydrogens is 318 g/mol. The first-order valence-electron chi connectivity index (χ1n) is 9.10. The number of aromatic nitrogens is 1. The van der Waals surface area contributed by atoms with Crippen LogP contribution >= 0.6 is 11.3 Å². The molecule has 5 heteroatoms. The first-order valence-corrected chi connectivity index (χ1v) is 9.92. The number of amides is 1. The fraction of sp³-hybridized carbons (Fsp3) is 0.579. The first kappa shape index (κ1) is 16.0. The van der Waals surface area contributed by atoms with Gasteiger partial charge in [0.05, 0.1) is 15.2 Å². The van der Waals surface area contributed by atoms with Gasteiger partial charge in [-0.15, -0.1) is 11.3 Å². The fourth-order valence-electron chi connectivity index (χ4n) is 4.32. The smallest absolute Gasteiger partial charge is 0.251 e. The van der Waals surface area contributed by atoms with Crippen molar-refractivity contribution < 1.29 is 4.79 Å². The number of benzene rings is 1. The Bertz CT molecular complexity index is 739. The van der Waals surface area contributed by atoms with E-state index in [-0.39, 0.29) is 5.91 Å². The number of nitrogens with one attached hydrogen (secondary N) is 1. The van der Waals surface area contributed by atoms with Crippen LogP contribution in [0.25, 0.3) is 10.2 Å². The van der Waals surface area contributed by atoms with Crippen LogP contribution in [0.4, 0.5) is 0 Å². The van der Waals surface area contributed by atoms with Crippen LogP contribution in [0.5, 0.6) is 0 Å². The van der Waals surface area contributed by atoms with Crippen molar-refractivity contribution in [2.24, 2.45) is 5.92 Å². The molecule has 4 rings (SSSR count). The summed E-state index contributed by atoms with van der Waals surface area (Å²) in [5.74, 6) is 0.660. The SMILES string of the molecule is Cc1nc2ccc(C(=O)NC[C@H]3CCCN4CCCC[C@H]34)cc2s1. The Balaban J connectivity index is 1.41. The predicted octanol–water partition coefficient (Wildman–Crippen LogP) is 3.60. The summed E-state index contributed by atoms with van der Waals surface area (Å²) in [4.78, 5) is 19.7. The van der Waals surface area contributed by atoms with Crippen LogP contribution in [0.3, 0.4) is 0 Å². The molecule has 0 spiro atoms. The fourth-order valence-corrected chi connectivity index (χ4v) is 5.19. The van der Waals surface area contributed by atoms with Crippen molar-refractivity contribution in [3.63, 3.8) is 0 Å². The monoisotopic (exact) mass is 343 g/mol. The van der Waals surface area contributed by atoms with Crippen LogP contribution in [-0.2, 0) is 0 Å². The summed E-state index contributed by atoms with van der Waals surface area (Å²) < 4.78 is 1.09. The molecule has 2 aliphatic heterocycles. The highest BCUT2D eigenvalue weighted by molar-refractivity contribution is 7.18. The average Bonchev–Trinajstić information content (AvgIpc) is 2.98. The topological polar surface area (TPSA) is 45.2 Å². The molecule has 2 fully saturated rings. The maximum Gasteiger partial charge on any atom is 0.251 e. The Morgan fingerprint density at radius 2 is 2.17 bits per heavy atom. The van der Waals surface area contributed by atoms with Crippen molar-refractivity contribution in [1.29, 1.82) is 0 Å². The number of piperidine rings is 2. The van der Waals surface area contributed by atoms with E-state index in [9.17, 15) is 4.79 Å². The Morgan fingerprint density at radius 3 is 3.08 bits per heavy atom. The molecule has 2 saturated heterocycles. The van der Waals surface area contributed by atoms with Gasteiger partial charge >= 0.3 is 0 Å². The second-order valence-corrected chi connectivity index (χ2v) is 8.36. The Labute approximate surface area is 147 Å². The number of carbonyl (C=O) groups excluding carboxylic acids is 1. The third kappa shape index (κ3) is 3.20. The Kier molecular flexibility index (Phi) is 4.55. The zero-order valence-corrected chi connectivity index (χ0v) is 15.1. The summed E-state index contributed by atoms with van der Waals surface area (Å²) in [6, 6.07) is 6.50. The lowest BCUT2D eigenvalue weighted by atomic mass is 9.83. The molecular formula is C19H25N3OS. The normalized spacial score (nSPS) is 24.7. The molecule has 1 aromatic heterocycles. The van der Waals surface area contributed by atoms with Gasteiger partial charge in [0.15, 0.2) is 0 Å². The second kappa shape index (κ2) is 6.81. The van der Waals surface area contributed by atoms with Gasteiger partial charge in [0.25, 0.3) is 5.91 Å². The van der Waals surface area contributed by atoms with Gasteiger partial charge in [-0.1, -0.05) is 6.42 Å². The molecule has 0 bridgehead atoms.